The molecule has 0 unspecified atom stereocenters. The molecule has 2 atom stereocenters. The predicted octanol–water partition coefficient (Wildman–Crippen LogP) is 1.46. The molecular formula is C17H22N2O4S. The van der Waals surface area contributed by atoms with Gasteiger partial charge < -0.3 is 14.9 Å². The van der Waals surface area contributed by atoms with Crippen molar-refractivity contribution < 1.29 is 19.5 Å². The highest BCUT2D eigenvalue weighted by Gasteiger charge is 2.62. The fourth-order valence-electron chi connectivity index (χ4n) is 3.80. The normalized spacial score (nSPS) is 26.0. The van der Waals surface area contributed by atoms with Crippen molar-refractivity contribution in [1.29, 1.82) is 0 Å². The van der Waals surface area contributed by atoms with Crippen molar-refractivity contribution in [3.8, 4) is 0 Å². The number of carboxylic acids is 1. The van der Waals surface area contributed by atoms with Crippen LogP contribution in [0.3, 0.4) is 0 Å². The molecule has 6 nitrogen and oxygen atoms in total. The number of hydrogen-bond donors (Lipinski definition) is 1. The highest BCUT2D eigenvalue weighted by atomic mass is 32.1. The maximum atomic E-state index is 12.5. The fraction of sp³-hybridized carbons (Fsp3) is 0.588. The largest absolute Gasteiger partial charge is 0.481 e. The van der Waals surface area contributed by atoms with Crippen molar-refractivity contribution in [3.05, 3.63) is 22.4 Å². The molecule has 24 heavy (non-hydrogen) atoms. The Morgan fingerprint density at radius 2 is 2.21 bits per heavy atom. The third-order valence-electron chi connectivity index (χ3n) is 5.06. The summed E-state index contributed by atoms with van der Waals surface area (Å²) in [4.78, 5) is 41.2. The lowest BCUT2D eigenvalue weighted by Gasteiger charge is -2.25. The van der Waals surface area contributed by atoms with E-state index in [9.17, 15) is 19.5 Å². The molecule has 130 valence electrons. The van der Waals surface area contributed by atoms with Gasteiger partial charge >= 0.3 is 5.97 Å². The predicted molar refractivity (Wildman–Crippen MR) is 89.6 cm³/mol. The van der Waals surface area contributed by atoms with Gasteiger partial charge in [0.15, 0.2) is 0 Å². The summed E-state index contributed by atoms with van der Waals surface area (Å²) in [7, 11) is 0. The molecule has 0 aliphatic carbocycles. The number of carbonyl (C=O) groups excluding carboxylic acids is 2. The van der Waals surface area contributed by atoms with Crippen molar-refractivity contribution in [2.45, 2.75) is 26.2 Å². The highest BCUT2D eigenvalue weighted by molar-refractivity contribution is 7.09. The van der Waals surface area contributed by atoms with Gasteiger partial charge in [-0.05, 0) is 24.3 Å². The number of thiophene rings is 1. The van der Waals surface area contributed by atoms with Crippen LogP contribution in [0.1, 0.15) is 24.6 Å². The van der Waals surface area contributed by atoms with Gasteiger partial charge in [-0.1, -0.05) is 13.0 Å². The summed E-state index contributed by atoms with van der Waals surface area (Å²) in [5.41, 5.74) is -1.13. The van der Waals surface area contributed by atoms with E-state index in [-0.39, 0.29) is 31.4 Å². The van der Waals surface area contributed by atoms with E-state index in [1.54, 1.807) is 21.1 Å². The van der Waals surface area contributed by atoms with Crippen molar-refractivity contribution in [3.63, 3.8) is 0 Å². The molecule has 2 amide bonds. The second-order valence-corrected chi connectivity index (χ2v) is 7.66. The van der Waals surface area contributed by atoms with Crippen LogP contribution in [-0.2, 0) is 20.8 Å². The number of amides is 2. The maximum Gasteiger partial charge on any atom is 0.314 e. The second-order valence-electron chi connectivity index (χ2n) is 6.63. The maximum absolute atomic E-state index is 12.5. The Morgan fingerprint density at radius 3 is 2.79 bits per heavy atom. The van der Waals surface area contributed by atoms with Crippen LogP contribution in [0.5, 0.6) is 0 Å². The number of hydrogen-bond acceptors (Lipinski definition) is 4. The number of carboxylic acid groups (broad SMARTS) is 1. The van der Waals surface area contributed by atoms with Crippen molar-refractivity contribution in [1.82, 2.24) is 9.80 Å². The molecule has 3 rings (SSSR count). The summed E-state index contributed by atoms with van der Waals surface area (Å²) in [6.45, 7) is 3.14. The first kappa shape index (κ1) is 17.0. The summed E-state index contributed by atoms with van der Waals surface area (Å²) < 4.78 is 0. The molecule has 1 aromatic heterocycles. The van der Waals surface area contributed by atoms with E-state index in [1.807, 2.05) is 24.4 Å². The van der Waals surface area contributed by atoms with Crippen LogP contribution in [0, 0.1) is 11.3 Å². The Bertz CT molecular complexity index is 645. The number of aliphatic carboxylic acids is 1. The first-order valence-corrected chi connectivity index (χ1v) is 9.18. The lowest BCUT2D eigenvalue weighted by molar-refractivity contribution is -0.150. The Morgan fingerprint density at radius 1 is 1.42 bits per heavy atom. The number of rotatable bonds is 6. The summed E-state index contributed by atoms with van der Waals surface area (Å²) in [6.07, 6.45) is 1.82. The van der Waals surface area contributed by atoms with Gasteiger partial charge in [0.25, 0.3) is 0 Å². The SMILES string of the molecule is CCCN1C[C@]2(C(=O)O)CN(C(=O)CCc3cccs3)C[C@@H]2C1=O. The minimum Gasteiger partial charge on any atom is -0.481 e. The summed E-state index contributed by atoms with van der Waals surface area (Å²) in [5, 5.41) is 11.7. The minimum absolute atomic E-state index is 0.0618. The number of carbonyl (C=O) groups is 3. The first-order chi connectivity index (χ1) is 11.5. The summed E-state index contributed by atoms with van der Waals surface area (Å²) >= 11 is 1.61. The molecule has 2 fully saturated rings. The monoisotopic (exact) mass is 350 g/mol. The molecule has 1 N–H and O–H groups in total. The zero-order valence-corrected chi connectivity index (χ0v) is 14.6. The smallest absolute Gasteiger partial charge is 0.314 e. The van der Waals surface area contributed by atoms with Gasteiger partial charge in [-0.15, -0.1) is 11.3 Å². The van der Waals surface area contributed by atoms with E-state index in [2.05, 4.69) is 0 Å². The molecule has 0 spiro atoms. The number of nitrogens with zero attached hydrogens (tertiary/aromatic N) is 2. The zero-order chi connectivity index (χ0) is 17.3. The number of fused-ring (bicyclic) bond motifs is 1. The van der Waals surface area contributed by atoms with Crippen LogP contribution in [-0.4, -0.2) is 58.9 Å². The molecule has 1 aromatic rings. The third-order valence-corrected chi connectivity index (χ3v) is 6.00. The molecule has 0 bridgehead atoms. The number of aryl methyl sites for hydroxylation is 1. The van der Waals surface area contributed by atoms with Gasteiger partial charge in [-0.3, -0.25) is 14.4 Å². The van der Waals surface area contributed by atoms with E-state index in [1.165, 1.54) is 0 Å². The van der Waals surface area contributed by atoms with Crippen LogP contribution in [0.2, 0.25) is 0 Å². The number of likely N-dealkylation sites (tertiary alicyclic amines) is 2. The van der Waals surface area contributed by atoms with E-state index in [0.29, 0.717) is 19.4 Å². The van der Waals surface area contributed by atoms with Gasteiger partial charge in [-0.2, -0.15) is 0 Å². The molecular weight excluding hydrogens is 328 g/mol. The van der Waals surface area contributed by atoms with E-state index in [0.717, 1.165) is 11.3 Å². The van der Waals surface area contributed by atoms with Gasteiger partial charge in [0.05, 0.1) is 5.92 Å². The molecule has 7 heteroatoms. The van der Waals surface area contributed by atoms with Gasteiger partial charge in [-0.25, -0.2) is 0 Å². The van der Waals surface area contributed by atoms with E-state index >= 15 is 0 Å². The van der Waals surface area contributed by atoms with Crippen molar-refractivity contribution in [2.24, 2.45) is 11.3 Å². The Labute approximate surface area is 145 Å². The van der Waals surface area contributed by atoms with Crippen LogP contribution in [0.25, 0.3) is 0 Å². The molecule has 0 saturated carbocycles. The van der Waals surface area contributed by atoms with Gasteiger partial charge in [0.1, 0.15) is 5.41 Å². The van der Waals surface area contributed by atoms with Gasteiger partial charge in [0, 0.05) is 37.5 Å². The second kappa shape index (κ2) is 6.55. The van der Waals surface area contributed by atoms with Crippen LogP contribution in [0.4, 0.5) is 0 Å². The topological polar surface area (TPSA) is 77.9 Å². The first-order valence-electron chi connectivity index (χ1n) is 8.30. The third kappa shape index (κ3) is 2.81. The molecule has 0 aromatic carbocycles. The summed E-state index contributed by atoms with van der Waals surface area (Å²) in [5.74, 6) is -1.75. The highest BCUT2D eigenvalue weighted by Crippen LogP contribution is 2.43. The average molecular weight is 350 g/mol. The van der Waals surface area contributed by atoms with Crippen LogP contribution < -0.4 is 0 Å². The average Bonchev–Trinajstić information content (AvgIpc) is 3.24. The lowest BCUT2D eigenvalue weighted by Crippen LogP contribution is -2.42. The molecule has 2 aliphatic rings. The van der Waals surface area contributed by atoms with Crippen molar-refractivity contribution in [2.75, 3.05) is 26.2 Å². The lowest BCUT2D eigenvalue weighted by atomic mass is 9.81. The van der Waals surface area contributed by atoms with Gasteiger partial charge in [0.2, 0.25) is 11.8 Å². The van der Waals surface area contributed by atoms with Crippen LogP contribution in [0.15, 0.2) is 17.5 Å². The molecule has 3 heterocycles. The Balaban J connectivity index is 1.69. The van der Waals surface area contributed by atoms with Crippen molar-refractivity contribution >= 4 is 29.1 Å². The van der Waals surface area contributed by atoms with Crippen LogP contribution >= 0.6 is 11.3 Å². The van der Waals surface area contributed by atoms with E-state index < -0.39 is 17.3 Å². The minimum atomic E-state index is -1.13. The fourth-order valence-corrected chi connectivity index (χ4v) is 4.51. The molecule has 2 saturated heterocycles. The quantitative estimate of drug-likeness (QED) is 0.843. The Kier molecular flexibility index (Phi) is 4.62. The van der Waals surface area contributed by atoms with E-state index in [4.69, 9.17) is 0 Å². The molecule has 0 radical (unpaired) electrons. The Hall–Kier alpha value is -1.89. The zero-order valence-electron chi connectivity index (χ0n) is 13.7. The summed E-state index contributed by atoms with van der Waals surface area (Å²) in [6, 6.07) is 3.94. The molecule has 2 aliphatic heterocycles. The standard InChI is InChI=1S/C17H22N2O4S/c1-2-7-18-10-17(16(22)23)11-19(9-13(17)15(18)21)14(20)6-5-12-4-3-8-24-12/h3-4,8,13H,2,5-7,9-11H2,1H3,(H,22,23)/t13-,17+/m1/s1.